The van der Waals surface area contributed by atoms with Crippen molar-refractivity contribution in [1.82, 2.24) is 14.9 Å². The van der Waals surface area contributed by atoms with Crippen molar-refractivity contribution in [3.63, 3.8) is 0 Å². The van der Waals surface area contributed by atoms with Crippen LogP contribution in [-0.2, 0) is 11.3 Å². The third kappa shape index (κ3) is 5.06. The van der Waals surface area contributed by atoms with Gasteiger partial charge < -0.3 is 5.32 Å². The Bertz CT molecular complexity index is 981. The van der Waals surface area contributed by atoms with Crippen molar-refractivity contribution in [2.45, 2.75) is 51.9 Å². The standard InChI is InChI=1S/C20H25ClN4O2S/c1-12(2)9-25-18(27)15-8-14(21)6-7-16(15)23-19(25)28-10-17(26)24-20(5,11-22)13(3)4/h6-8,12-13H,9-10H2,1-5H3,(H,24,26). The second-order valence-corrected chi connectivity index (χ2v) is 9.05. The highest BCUT2D eigenvalue weighted by molar-refractivity contribution is 7.99. The Morgan fingerprint density at radius 2 is 2.07 bits per heavy atom. The summed E-state index contributed by atoms with van der Waals surface area (Å²) in [5, 5.41) is 13.6. The summed E-state index contributed by atoms with van der Waals surface area (Å²) in [5.74, 6) is -0.0151. The number of benzene rings is 1. The monoisotopic (exact) mass is 420 g/mol. The molecule has 1 unspecified atom stereocenters. The summed E-state index contributed by atoms with van der Waals surface area (Å²) in [7, 11) is 0. The number of rotatable bonds is 7. The first-order valence-electron chi connectivity index (χ1n) is 9.12. The Labute approximate surface area is 174 Å². The number of thioether (sulfide) groups is 1. The average molecular weight is 421 g/mol. The van der Waals surface area contributed by atoms with Gasteiger partial charge in [-0.05, 0) is 37.0 Å². The van der Waals surface area contributed by atoms with Gasteiger partial charge in [0.25, 0.3) is 5.56 Å². The summed E-state index contributed by atoms with van der Waals surface area (Å²) in [4.78, 5) is 29.9. The predicted octanol–water partition coefficient (Wildman–Crippen LogP) is 3.85. The van der Waals surface area contributed by atoms with Crippen LogP contribution in [0.15, 0.2) is 28.2 Å². The third-order valence-electron chi connectivity index (χ3n) is 4.55. The summed E-state index contributed by atoms with van der Waals surface area (Å²) in [6.45, 7) is 9.97. The molecule has 0 bridgehead atoms. The fourth-order valence-corrected chi connectivity index (χ4v) is 3.55. The maximum absolute atomic E-state index is 13.0. The predicted molar refractivity (Wildman–Crippen MR) is 114 cm³/mol. The van der Waals surface area contributed by atoms with Crippen molar-refractivity contribution in [3.05, 3.63) is 33.6 Å². The summed E-state index contributed by atoms with van der Waals surface area (Å²) in [5.41, 5.74) is -0.572. The highest BCUT2D eigenvalue weighted by Crippen LogP contribution is 2.22. The van der Waals surface area contributed by atoms with E-state index in [2.05, 4.69) is 16.4 Å². The minimum atomic E-state index is -0.942. The quantitative estimate of drug-likeness (QED) is 0.542. The summed E-state index contributed by atoms with van der Waals surface area (Å²) >= 11 is 7.22. The molecule has 0 fully saturated rings. The fourth-order valence-electron chi connectivity index (χ4n) is 2.57. The van der Waals surface area contributed by atoms with Crippen LogP contribution in [0.3, 0.4) is 0 Å². The second kappa shape index (κ2) is 8.97. The van der Waals surface area contributed by atoms with E-state index in [1.54, 1.807) is 29.7 Å². The van der Waals surface area contributed by atoms with Gasteiger partial charge in [0.2, 0.25) is 5.91 Å². The zero-order chi connectivity index (χ0) is 21.1. The van der Waals surface area contributed by atoms with E-state index in [9.17, 15) is 14.9 Å². The van der Waals surface area contributed by atoms with Gasteiger partial charge in [-0.25, -0.2) is 4.98 Å². The number of carbonyl (C=O) groups is 1. The lowest BCUT2D eigenvalue weighted by atomic mass is 9.90. The number of carbonyl (C=O) groups excluding carboxylic acids is 1. The average Bonchev–Trinajstić information content (AvgIpc) is 2.62. The number of hydrogen-bond acceptors (Lipinski definition) is 5. The molecule has 0 spiro atoms. The van der Waals surface area contributed by atoms with E-state index in [-0.39, 0.29) is 29.1 Å². The van der Waals surface area contributed by atoms with E-state index in [1.165, 1.54) is 11.8 Å². The molecule has 0 saturated carbocycles. The van der Waals surface area contributed by atoms with Gasteiger partial charge in [0.05, 0.1) is 22.7 Å². The number of nitriles is 1. The van der Waals surface area contributed by atoms with E-state index in [0.717, 1.165) is 0 Å². The number of hydrogen-bond donors (Lipinski definition) is 1. The Balaban J connectivity index is 2.33. The van der Waals surface area contributed by atoms with E-state index in [4.69, 9.17) is 11.6 Å². The smallest absolute Gasteiger partial charge is 0.262 e. The molecule has 1 aromatic heterocycles. The van der Waals surface area contributed by atoms with Crippen LogP contribution in [0.25, 0.3) is 10.9 Å². The zero-order valence-electron chi connectivity index (χ0n) is 16.7. The number of nitrogens with zero attached hydrogens (tertiary/aromatic N) is 3. The highest BCUT2D eigenvalue weighted by atomic mass is 35.5. The maximum Gasteiger partial charge on any atom is 0.262 e. The van der Waals surface area contributed by atoms with Gasteiger partial charge in [0.15, 0.2) is 5.16 Å². The van der Waals surface area contributed by atoms with Crippen molar-refractivity contribution < 1.29 is 4.79 Å². The van der Waals surface area contributed by atoms with Gasteiger partial charge in [-0.2, -0.15) is 5.26 Å². The lowest BCUT2D eigenvalue weighted by Crippen LogP contribution is -2.49. The first-order valence-corrected chi connectivity index (χ1v) is 10.5. The molecule has 0 aliphatic heterocycles. The van der Waals surface area contributed by atoms with Gasteiger partial charge in [-0.3, -0.25) is 14.2 Å². The molecule has 1 atom stereocenters. The van der Waals surface area contributed by atoms with Crippen LogP contribution in [0.1, 0.15) is 34.6 Å². The molecule has 0 aliphatic carbocycles. The Kier molecular flexibility index (Phi) is 7.13. The molecule has 1 amide bonds. The van der Waals surface area contributed by atoms with Gasteiger partial charge in [0, 0.05) is 11.6 Å². The summed E-state index contributed by atoms with van der Waals surface area (Å²) < 4.78 is 1.59. The number of nitrogens with one attached hydrogen (secondary N) is 1. The Hall–Kier alpha value is -2.04. The van der Waals surface area contributed by atoms with Crippen LogP contribution in [0, 0.1) is 23.2 Å². The molecule has 0 saturated heterocycles. The van der Waals surface area contributed by atoms with Crippen molar-refractivity contribution in [3.8, 4) is 6.07 Å². The first-order chi connectivity index (χ1) is 13.1. The van der Waals surface area contributed by atoms with Crippen molar-refractivity contribution in [2.24, 2.45) is 11.8 Å². The van der Waals surface area contributed by atoms with Crippen molar-refractivity contribution in [1.29, 1.82) is 5.26 Å². The van der Waals surface area contributed by atoms with Crippen LogP contribution < -0.4 is 10.9 Å². The Morgan fingerprint density at radius 3 is 2.64 bits per heavy atom. The third-order valence-corrected chi connectivity index (χ3v) is 5.76. The van der Waals surface area contributed by atoms with E-state index < -0.39 is 5.54 Å². The molecule has 1 aromatic carbocycles. The van der Waals surface area contributed by atoms with Crippen molar-refractivity contribution in [2.75, 3.05) is 5.75 Å². The molecule has 2 aromatic rings. The summed E-state index contributed by atoms with van der Waals surface area (Å²) in [6, 6.07) is 7.16. The van der Waals surface area contributed by atoms with E-state index >= 15 is 0 Å². The molecule has 0 aliphatic rings. The molecule has 2 rings (SSSR count). The SMILES string of the molecule is CC(C)Cn1c(SCC(=O)NC(C)(C#N)C(C)C)nc2ccc(Cl)cc2c1=O. The highest BCUT2D eigenvalue weighted by Gasteiger charge is 2.30. The van der Waals surface area contributed by atoms with Crippen LogP contribution in [0.5, 0.6) is 0 Å². The molecule has 1 heterocycles. The number of halogens is 1. The molecule has 1 N–H and O–H groups in total. The topological polar surface area (TPSA) is 87.8 Å². The molecule has 6 nitrogen and oxygen atoms in total. The van der Waals surface area contributed by atoms with E-state index in [1.807, 2.05) is 27.7 Å². The molecule has 150 valence electrons. The van der Waals surface area contributed by atoms with Crippen LogP contribution in [0.2, 0.25) is 5.02 Å². The van der Waals surface area contributed by atoms with Crippen LogP contribution >= 0.6 is 23.4 Å². The van der Waals surface area contributed by atoms with Crippen molar-refractivity contribution >= 4 is 40.2 Å². The molecule has 28 heavy (non-hydrogen) atoms. The lowest BCUT2D eigenvalue weighted by molar-refractivity contribution is -0.120. The minimum Gasteiger partial charge on any atom is -0.337 e. The normalized spacial score (nSPS) is 13.5. The van der Waals surface area contributed by atoms with E-state index in [0.29, 0.717) is 27.6 Å². The van der Waals surface area contributed by atoms with Gasteiger partial charge in [-0.15, -0.1) is 0 Å². The molecule has 8 heteroatoms. The zero-order valence-corrected chi connectivity index (χ0v) is 18.3. The Morgan fingerprint density at radius 1 is 1.39 bits per heavy atom. The van der Waals surface area contributed by atoms with Gasteiger partial charge in [0.1, 0.15) is 5.54 Å². The maximum atomic E-state index is 13.0. The van der Waals surface area contributed by atoms with Crippen LogP contribution in [-0.4, -0.2) is 26.8 Å². The largest absolute Gasteiger partial charge is 0.337 e. The molecular weight excluding hydrogens is 396 g/mol. The van der Waals surface area contributed by atoms with Gasteiger partial charge >= 0.3 is 0 Å². The number of aromatic nitrogens is 2. The lowest BCUT2D eigenvalue weighted by Gasteiger charge is -2.27. The summed E-state index contributed by atoms with van der Waals surface area (Å²) in [6.07, 6.45) is 0. The number of fused-ring (bicyclic) bond motifs is 1. The molecular formula is C20H25ClN4O2S. The first kappa shape index (κ1) is 22.3. The fraction of sp³-hybridized carbons (Fsp3) is 0.500. The van der Waals surface area contributed by atoms with Crippen LogP contribution in [0.4, 0.5) is 0 Å². The van der Waals surface area contributed by atoms with Gasteiger partial charge in [-0.1, -0.05) is 51.1 Å². The second-order valence-electron chi connectivity index (χ2n) is 7.67. The minimum absolute atomic E-state index is 0.0332. The number of amides is 1. The molecule has 0 radical (unpaired) electrons.